The molecule has 3 N–H and O–H groups in total. The second kappa shape index (κ2) is 11.7. The van der Waals surface area contributed by atoms with Crippen molar-refractivity contribution < 1.29 is 19.1 Å². The molecule has 0 unspecified atom stereocenters. The summed E-state index contributed by atoms with van der Waals surface area (Å²) in [7, 11) is 0. The van der Waals surface area contributed by atoms with Crippen molar-refractivity contribution in [3.8, 4) is 0 Å². The molecule has 0 saturated carbocycles. The van der Waals surface area contributed by atoms with Gasteiger partial charge in [-0.05, 0) is 90.1 Å². The van der Waals surface area contributed by atoms with Gasteiger partial charge < -0.3 is 25.6 Å². The van der Waals surface area contributed by atoms with Gasteiger partial charge in [-0.25, -0.2) is 4.79 Å². The molecule has 0 bridgehead atoms. The number of hydrogen-bond acceptors (Lipinski definition) is 5. The highest BCUT2D eigenvalue weighted by atomic mass is 16.6. The Balaban J connectivity index is 1.60. The molecule has 0 radical (unpaired) electrons. The molecular weight excluding hydrogens is 432 g/mol. The number of para-hydroxylation sites is 1. The average Bonchev–Trinajstić information content (AvgIpc) is 2.78. The zero-order valence-corrected chi connectivity index (χ0v) is 20.8. The molecule has 3 amide bonds. The van der Waals surface area contributed by atoms with E-state index in [1.54, 1.807) is 0 Å². The van der Waals surface area contributed by atoms with Gasteiger partial charge in [-0.15, -0.1) is 0 Å². The predicted molar refractivity (Wildman–Crippen MR) is 132 cm³/mol. The Kier molecular flexibility index (Phi) is 8.94. The van der Waals surface area contributed by atoms with Gasteiger partial charge in [0.15, 0.2) is 0 Å². The molecule has 2 aliphatic rings. The Labute approximate surface area is 203 Å². The molecule has 2 atom stereocenters. The monoisotopic (exact) mass is 472 g/mol. The van der Waals surface area contributed by atoms with Crippen molar-refractivity contribution in [2.24, 2.45) is 23.5 Å². The molecule has 8 heteroatoms. The number of amides is 3. The Morgan fingerprint density at radius 2 is 1.71 bits per heavy atom. The first-order valence-electron chi connectivity index (χ1n) is 12.4. The number of carbonyl (C=O) groups excluding carboxylic acids is 3. The van der Waals surface area contributed by atoms with Crippen LogP contribution in [0, 0.1) is 17.8 Å². The van der Waals surface area contributed by atoms with Gasteiger partial charge in [0.25, 0.3) is 0 Å². The molecule has 1 aromatic carbocycles. The van der Waals surface area contributed by atoms with Gasteiger partial charge in [-0.2, -0.15) is 0 Å². The predicted octanol–water partition coefficient (Wildman–Crippen LogP) is 3.48. The first kappa shape index (κ1) is 26.0. The summed E-state index contributed by atoms with van der Waals surface area (Å²) in [6, 6.07) is 9.36. The molecule has 0 aromatic heterocycles. The van der Waals surface area contributed by atoms with Gasteiger partial charge in [0, 0.05) is 31.1 Å². The fourth-order valence-electron chi connectivity index (χ4n) is 4.97. The largest absolute Gasteiger partial charge is 0.460 e. The van der Waals surface area contributed by atoms with Gasteiger partial charge in [0.05, 0.1) is 0 Å². The van der Waals surface area contributed by atoms with Crippen molar-refractivity contribution in [1.29, 1.82) is 0 Å². The minimum absolute atomic E-state index is 0.0250. The van der Waals surface area contributed by atoms with E-state index in [4.69, 9.17) is 10.5 Å². The first-order valence-corrected chi connectivity index (χ1v) is 12.4. The molecule has 188 valence electrons. The maximum Gasteiger partial charge on any atom is 0.321 e. The van der Waals surface area contributed by atoms with E-state index in [-0.39, 0.29) is 35.7 Å². The fraction of sp³-hybridized carbons (Fsp3) is 0.654. The number of nitrogens with one attached hydrogen (secondary N) is 1. The van der Waals surface area contributed by atoms with Crippen molar-refractivity contribution in [2.75, 3.05) is 38.0 Å². The molecule has 34 heavy (non-hydrogen) atoms. The Bertz CT molecular complexity index is 831. The highest BCUT2D eigenvalue weighted by Crippen LogP contribution is 2.31. The molecule has 2 saturated heterocycles. The van der Waals surface area contributed by atoms with E-state index < -0.39 is 5.60 Å². The SMILES string of the molecule is CC(C)(C)OC(=O)C[C@H]1CCN(C(=O)Nc2ccccc2)C[C@@H]1CCN1CCC(C(N)=O)CC1. The standard InChI is InChI=1S/C26H40N4O4/c1-26(2,3)34-23(31)17-20-12-16-30(25(33)28-22-7-5-4-6-8-22)18-21(20)11-15-29-13-9-19(10-14-29)24(27)32/h4-8,19-21H,9-18H2,1-3H3,(H2,27,32)(H,28,33)/t20-,21+/m1/s1. The van der Waals surface area contributed by atoms with Crippen LogP contribution in [0.3, 0.4) is 0 Å². The van der Waals surface area contributed by atoms with Gasteiger partial charge in [0.2, 0.25) is 5.91 Å². The average molecular weight is 473 g/mol. The van der Waals surface area contributed by atoms with Gasteiger partial charge >= 0.3 is 12.0 Å². The van der Waals surface area contributed by atoms with Crippen LogP contribution in [0.2, 0.25) is 0 Å². The Morgan fingerprint density at radius 3 is 2.32 bits per heavy atom. The van der Waals surface area contributed by atoms with Crippen LogP contribution in [-0.2, 0) is 14.3 Å². The number of ether oxygens (including phenoxy) is 1. The summed E-state index contributed by atoms with van der Waals surface area (Å²) in [4.78, 5) is 41.2. The van der Waals surface area contributed by atoms with E-state index in [0.717, 1.165) is 51.0 Å². The zero-order chi connectivity index (χ0) is 24.7. The molecule has 8 nitrogen and oxygen atoms in total. The second-order valence-electron chi connectivity index (χ2n) is 10.6. The fourth-order valence-corrected chi connectivity index (χ4v) is 4.97. The van der Waals surface area contributed by atoms with Gasteiger partial charge in [-0.3, -0.25) is 9.59 Å². The van der Waals surface area contributed by atoms with Gasteiger partial charge in [0.1, 0.15) is 5.60 Å². The third-order valence-corrected chi connectivity index (χ3v) is 6.86. The summed E-state index contributed by atoms with van der Waals surface area (Å²) in [5, 5.41) is 2.98. The molecule has 1 aromatic rings. The number of hydrogen-bond donors (Lipinski definition) is 2. The molecule has 3 rings (SSSR count). The number of carbonyl (C=O) groups is 3. The number of nitrogens with zero attached hydrogens (tertiary/aromatic N) is 2. The molecule has 2 heterocycles. The lowest BCUT2D eigenvalue weighted by molar-refractivity contribution is -0.156. The lowest BCUT2D eigenvalue weighted by Gasteiger charge is -2.40. The van der Waals surface area contributed by atoms with Crippen LogP contribution in [-0.4, -0.2) is 66.0 Å². The van der Waals surface area contributed by atoms with Crippen molar-refractivity contribution in [3.63, 3.8) is 0 Å². The summed E-state index contributed by atoms with van der Waals surface area (Å²) in [5.74, 6) is -0.0187. The third-order valence-electron chi connectivity index (χ3n) is 6.86. The number of nitrogens with two attached hydrogens (primary N) is 1. The van der Waals surface area contributed by atoms with Gasteiger partial charge in [-0.1, -0.05) is 18.2 Å². The van der Waals surface area contributed by atoms with Crippen molar-refractivity contribution in [1.82, 2.24) is 9.80 Å². The van der Waals surface area contributed by atoms with E-state index >= 15 is 0 Å². The van der Waals surface area contributed by atoms with E-state index in [0.29, 0.717) is 19.5 Å². The normalized spacial score (nSPS) is 22.3. The topological polar surface area (TPSA) is 105 Å². The molecule has 2 fully saturated rings. The molecular formula is C26H40N4O4. The number of rotatable bonds is 7. The summed E-state index contributed by atoms with van der Waals surface area (Å²) >= 11 is 0. The van der Waals surface area contributed by atoms with E-state index in [2.05, 4.69) is 10.2 Å². The smallest absolute Gasteiger partial charge is 0.321 e. The first-order chi connectivity index (χ1) is 16.1. The van der Waals surface area contributed by atoms with E-state index in [9.17, 15) is 14.4 Å². The number of likely N-dealkylation sites (tertiary alicyclic amines) is 2. The highest BCUT2D eigenvalue weighted by Gasteiger charge is 2.34. The number of primary amides is 1. The lowest BCUT2D eigenvalue weighted by atomic mass is 9.81. The number of benzene rings is 1. The second-order valence-corrected chi connectivity index (χ2v) is 10.6. The quantitative estimate of drug-likeness (QED) is 0.591. The third kappa shape index (κ3) is 8.01. The Hall–Kier alpha value is -2.61. The van der Waals surface area contributed by atoms with Crippen molar-refractivity contribution in [3.05, 3.63) is 30.3 Å². The Morgan fingerprint density at radius 1 is 1.03 bits per heavy atom. The number of anilines is 1. The minimum atomic E-state index is -0.506. The summed E-state index contributed by atoms with van der Waals surface area (Å²) in [6.07, 6.45) is 3.64. The summed E-state index contributed by atoms with van der Waals surface area (Å²) in [5.41, 5.74) is 5.73. The van der Waals surface area contributed by atoms with Crippen LogP contribution in [0.1, 0.15) is 52.9 Å². The summed E-state index contributed by atoms with van der Waals surface area (Å²) in [6.45, 7) is 9.48. The van der Waals surface area contributed by atoms with Crippen LogP contribution in [0.25, 0.3) is 0 Å². The number of piperidine rings is 2. The number of urea groups is 1. The minimum Gasteiger partial charge on any atom is -0.460 e. The molecule has 0 spiro atoms. The van der Waals surface area contributed by atoms with Crippen LogP contribution >= 0.6 is 0 Å². The van der Waals surface area contributed by atoms with E-state index in [1.807, 2.05) is 56.0 Å². The van der Waals surface area contributed by atoms with E-state index in [1.165, 1.54) is 0 Å². The van der Waals surface area contributed by atoms with Crippen LogP contribution < -0.4 is 11.1 Å². The summed E-state index contributed by atoms with van der Waals surface area (Å²) < 4.78 is 5.58. The zero-order valence-electron chi connectivity index (χ0n) is 20.8. The van der Waals surface area contributed by atoms with Crippen molar-refractivity contribution in [2.45, 2.75) is 58.5 Å². The molecule has 0 aliphatic carbocycles. The van der Waals surface area contributed by atoms with Crippen molar-refractivity contribution >= 4 is 23.6 Å². The maximum absolute atomic E-state index is 12.9. The highest BCUT2D eigenvalue weighted by molar-refractivity contribution is 5.89. The maximum atomic E-state index is 12.9. The van der Waals surface area contributed by atoms with Crippen LogP contribution in [0.15, 0.2) is 30.3 Å². The number of esters is 1. The van der Waals surface area contributed by atoms with Crippen LogP contribution in [0.5, 0.6) is 0 Å². The molecule has 2 aliphatic heterocycles. The van der Waals surface area contributed by atoms with Crippen LogP contribution in [0.4, 0.5) is 10.5 Å². The lowest BCUT2D eigenvalue weighted by Crippen LogP contribution is -2.47.